The van der Waals surface area contributed by atoms with Crippen LogP contribution < -0.4 is 10.6 Å². The molecular formula is C26H43N3O5. The van der Waals surface area contributed by atoms with Crippen LogP contribution in [0.15, 0.2) is 30.3 Å². The third-order valence-corrected chi connectivity index (χ3v) is 5.24. The Bertz CT molecular complexity index is 763. The minimum absolute atomic E-state index is 0.0511. The summed E-state index contributed by atoms with van der Waals surface area (Å²) in [5.74, 6) is -0.817. The van der Waals surface area contributed by atoms with Gasteiger partial charge in [-0.2, -0.15) is 0 Å². The van der Waals surface area contributed by atoms with Crippen molar-refractivity contribution in [3.05, 3.63) is 35.9 Å². The second kappa shape index (κ2) is 14.6. The predicted octanol–water partition coefficient (Wildman–Crippen LogP) is 3.94. The molecule has 8 nitrogen and oxygen atoms in total. The summed E-state index contributed by atoms with van der Waals surface area (Å²) in [5, 5.41) is 15.4. The molecule has 1 rings (SSSR count). The number of aliphatic hydroxyl groups excluding tert-OH is 1. The van der Waals surface area contributed by atoms with E-state index in [1.54, 1.807) is 20.8 Å². The molecule has 3 atom stereocenters. The Kier molecular flexibility index (Phi) is 12.6. The van der Waals surface area contributed by atoms with Gasteiger partial charge >= 0.3 is 6.09 Å². The minimum atomic E-state index is -1.23. The van der Waals surface area contributed by atoms with E-state index in [1.165, 1.54) is 4.90 Å². The Morgan fingerprint density at radius 3 is 2.21 bits per heavy atom. The van der Waals surface area contributed by atoms with Crippen LogP contribution in [0.1, 0.15) is 85.3 Å². The third-order valence-electron chi connectivity index (χ3n) is 5.24. The Hall–Kier alpha value is -2.61. The van der Waals surface area contributed by atoms with E-state index < -0.39 is 36.3 Å². The lowest BCUT2D eigenvalue weighted by Crippen LogP contribution is -2.55. The van der Waals surface area contributed by atoms with Gasteiger partial charge < -0.3 is 25.4 Å². The molecule has 192 valence electrons. The highest BCUT2D eigenvalue weighted by molar-refractivity contribution is 5.92. The summed E-state index contributed by atoms with van der Waals surface area (Å²) in [7, 11) is 0. The monoisotopic (exact) mass is 477 g/mol. The molecule has 0 fully saturated rings. The van der Waals surface area contributed by atoms with E-state index in [-0.39, 0.29) is 11.9 Å². The Morgan fingerprint density at radius 1 is 1.03 bits per heavy atom. The smallest absolute Gasteiger partial charge is 0.408 e. The number of nitrogens with zero attached hydrogens (tertiary/aromatic N) is 1. The zero-order valence-electron chi connectivity index (χ0n) is 21.6. The van der Waals surface area contributed by atoms with Crippen molar-refractivity contribution in [3.8, 4) is 0 Å². The predicted molar refractivity (Wildman–Crippen MR) is 133 cm³/mol. The van der Waals surface area contributed by atoms with Gasteiger partial charge in [0.25, 0.3) is 0 Å². The highest BCUT2D eigenvalue weighted by Crippen LogP contribution is 2.24. The van der Waals surface area contributed by atoms with Crippen molar-refractivity contribution in [1.29, 1.82) is 0 Å². The molecule has 0 aliphatic rings. The fourth-order valence-corrected chi connectivity index (χ4v) is 3.67. The van der Waals surface area contributed by atoms with E-state index in [1.807, 2.05) is 44.2 Å². The number of ether oxygens (including phenoxy) is 1. The molecule has 8 heteroatoms. The maximum atomic E-state index is 13.6. The van der Waals surface area contributed by atoms with Gasteiger partial charge in [0.1, 0.15) is 17.7 Å². The first-order valence-electron chi connectivity index (χ1n) is 12.3. The van der Waals surface area contributed by atoms with Gasteiger partial charge in [0.05, 0.1) is 6.61 Å². The van der Waals surface area contributed by atoms with Gasteiger partial charge in [0.15, 0.2) is 0 Å². The summed E-state index contributed by atoms with van der Waals surface area (Å²) in [5.41, 5.74) is -0.0852. The molecule has 0 aliphatic heterocycles. The van der Waals surface area contributed by atoms with E-state index in [0.717, 1.165) is 25.7 Å². The molecule has 3 N–H and O–H groups in total. The van der Waals surface area contributed by atoms with Gasteiger partial charge in [-0.1, -0.05) is 63.4 Å². The maximum absolute atomic E-state index is 13.6. The van der Waals surface area contributed by atoms with Crippen molar-refractivity contribution in [1.82, 2.24) is 15.5 Å². The first-order valence-corrected chi connectivity index (χ1v) is 12.3. The van der Waals surface area contributed by atoms with Crippen LogP contribution in [-0.4, -0.2) is 58.8 Å². The molecule has 0 saturated heterocycles. The number of hydrogen-bond donors (Lipinski definition) is 3. The number of unbranched alkanes of at least 4 members (excludes halogenated alkanes) is 2. The molecule has 0 heterocycles. The first-order chi connectivity index (χ1) is 16.0. The number of benzene rings is 1. The molecule has 0 spiro atoms. The molecule has 0 bridgehead atoms. The fourth-order valence-electron chi connectivity index (χ4n) is 3.67. The van der Waals surface area contributed by atoms with Gasteiger partial charge in [0.2, 0.25) is 11.8 Å². The van der Waals surface area contributed by atoms with Crippen LogP contribution in [-0.2, 0) is 14.3 Å². The van der Waals surface area contributed by atoms with E-state index in [0.29, 0.717) is 18.5 Å². The Morgan fingerprint density at radius 2 is 1.68 bits per heavy atom. The van der Waals surface area contributed by atoms with Crippen LogP contribution in [0.4, 0.5) is 4.79 Å². The topological polar surface area (TPSA) is 108 Å². The van der Waals surface area contributed by atoms with Gasteiger partial charge in [-0.15, -0.1) is 0 Å². The normalized spacial score (nSPS) is 14.0. The molecule has 1 aromatic rings. The lowest BCUT2D eigenvalue weighted by molar-refractivity contribution is -0.143. The van der Waals surface area contributed by atoms with Gasteiger partial charge in [-0.25, -0.2) is 4.79 Å². The molecule has 34 heavy (non-hydrogen) atoms. The Balaban J connectivity index is 3.30. The van der Waals surface area contributed by atoms with E-state index >= 15 is 0 Å². The van der Waals surface area contributed by atoms with E-state index in [4.69, 9.17) is 4.74 Å². The first kappa shape index (κ1) is 29.4. The number of hydrogen-bond acceptors (Lipinski definition) is 5. The molecule has 1 aromatic carbocycles. The third kappa shape index (κ3) is 10.1. The van der Waals surface area contributed by atoms with E-state index in [9.17, 15) is 19.5 Å². The summed E-state index contributed by atoms with van der Waals surface area (Å²) < 4.78 is 5.26. The second-order valence-electron chi connectivity index (χ2n) is 9.63. The lowest BCUT2D eigenvalue weighted by atomic mass is 10.0. The fraction of sp³-hybridized carbons (Fsp3) is 0.654. The quantitative estimate of drug-likeness (QED) is 0.373. The van der Waals surface area contributed by atoms with Crippen LogP contribution in [0.3, 0.4) is 0 Å². The van der Waals surface area contributed by atoms with Gasteiger partial charge in [-0.05, 0) is 46.1 Å². The van der Waals surface area contributed by atoms with Crippen LogP contribution in [0, 0.1) is 0 Å². The average molecular weight is 478 g/mol. The summed E-state index contributed by atoms with van der Waals surface area (Å²) in [6.07, 6.45) is 3.44. The van der Waals surface area contributed by atoms with Crippen molar-refractivity contribution in [3.63, 3.8) is 0 Å². The van der Waals surface area contributed by atoms with Crippen LogP contribution in [0.5, 0.6) is 0 Å². The number of nitrogens with one attached hydrogen (secondary N) is 2. The minimum Gasteiger partial charge on any atom is -0.444 e. The number of amides is 3. The molecule has 0 radical (unpaired) electrons. The summed E-state index contributed by atoms with van der Waals surface area (Å²) >= 11 is 0. The number of aliphatic hydroxyl groups is 1. The number of alkyl carbamates (subject to hydrolysis) is 1. The average Bonchev–Trinajstić information content (AvgIpc) is 2.76. The largest absolute Gasteiger partial charge is 0.444 e. The molecule has 3 amide bonds. The van der Waals surface area contributed by atoms with Crippen molar-refractivity contribution < 1.29 is 24.2 Å². The van der Waals surface area contributed by atoms with Gasteiger partial charge in [0, 0.05) is 12.6 Å². The van der Waals surface area contributed by atoms with Crippen LogP contribution in [0.2, 0.25) is 0 Å². The molecule has 0 aliphatic carbocycles. The number of carbonyl (C=O) groups is 3. The van der Waals surface area contributed by atoms with Crippen molar-refractivity contribution in [2.75, 3.05) is 13.2 Å². The molecule has 3 unspecified atom stereocenters. The van der Waals surface area contributed by atoms with Crippen molar-refractivity contribution >= 4 is 17.9 Å². The highest BCUT2D eigenvalue weighted by atomic mass is 16.6. The van der Waals surface area contributed by atoms with Crippen molar-refractivity contribution in [2.45, 2.75) is 97.4 Å². The molecule has 0 saturated carbocycles. The maximum Gasteiger partial charge on any atom is 0.408 e. The molecular weight excluding hydrogens is 434 g/mol. The SMILES string of the molecule is CCCCCN(C(=O)C(CO)NC(=O)OC(C)(C)C)C(C(=O)NC(C)CCC)c1ccccc1. The summed E-state index contributed by atoms with van der Waals surface area (Å²) in [6.45, 7) is 10.9. The summed E-state index contributed by atoms with van der Waals surface area (Å²) in [4.78, 5) is 40.8. The molecule has 0 aromatic heterocycles. The lowest BCUT2D eigenvalue weighted by Gasteiger charge is -2.34. The highest BCUT2D eigenvalue weighted by Gasteiger charge is 2.36. The van der Waals surface area contributed by atoms with Gasteiger partial charge in [-0.3, -0.25) is 9.59 Å². The number of carbonyl (C=O) groups excluding carboxylic acids is 3. The van der Waals surface area contributed by atoms with Crippen molar-refractivity contribution in [2.24, 2.45) is 0 Å². The zero-order chi connectivity index (χ0) is 25.7. The van der Waals surface area contributed by atoms with Crippen LogP contribution in [0.25, 0.3) is 0 Å². The van der Waals surface area contributed by atoms with E-state index in [2.05, 4.69) is 17.6 Å². The standard InChI is InChI=1S/C26H43N3O5/c1-7-9-13-17-29(24(32)21(18-30)28-25(33)34-26(4,5)6)22(20-15-11-10-12-16-20)23(31)27-19(3)14-8-2/h10-12,15-16,19,21-22,30H,7-9,13-14,17-18H2,1-6H3,(H,27,31)(H,28,33). The second-order valence-corrected chi connectivity index (χ2v) is 9.63. The summed E-state index contributed by atoms with van der Waals surface area (Å²) in [6, 6.07) is 6.94. The van der Waals surface area contributed by atoms with Crippen LogP contribution >= 0.6 is 0 Å². The Labute approximate surface area is 204 Å². The number of rotatable bonds is 13. The zero-order valence-corrected chi connectivity index (χ0v) is 21.6.